The summed E-state index contributed by atoms with van der Waals surface area (Å²) in [6, 6.07) is 0. The van der Waals surface area contributed by atoms with Crippen molar-refractivity contribution in [3.8, 4) is 0 Å². The van der Waals surface area contributed by atoms with E-state index in [1.807, 2.05) is 0 Å². The summed E-state index contributed by atoms with van der Waals surface area (Å²) in [4.78, 5) is 2.43. The normalized spacial score (nSPS) is 29.9. The highest BCUT2D eigenvalue weighted by molar-refractivity contribution is 5.35. The Labute approximate surface area is 82.1 Å². The Morgan fingerprint density at radius 2 is 1.69 bits per heavy atom. The smallest absolute Gasteiger partial charge is 0.0235 e. The van der Waals surface area contributed by atoms with Crippen LogP contribution in [0.15, 0.2) is 23.3 Å². The Kier molecular flexibility index (Phi) is 2.97. The lowest BCUT2D eigenvalue weighted by Gasteiger charge is -2.42. The van der Waals surface area contributed by atoms with E-state index < -0.39 is 0 Å². The van der Waals surface area contributed by atoms with Crippen LogP contribution in [0.25, 0.3) is 0 Å². The molecule has 0 bridgehead atoms. The fraction of sp³-hybridized carbons (Fsp3) is 0.667. The van der Waals surface area contributed by atoms with Gasteiger partial charge in [-0.05, 0) is 52.3 Å². The Balaban J connectivity index is 2.92. The van der Waals surface area contributed by atoms with Gasteiger partial charge >= 0.3 is 0 Å². The first-order valence-electron chi connectivity index (χ1n) is 5.03. The molecule has 0 unspecified atom stereocenters. The molecule has 1 fully saturated rings. The van der Waals surface area contributed by atoms with Crippen LogP contribution < -0.4 is 0 Å². The van der Waals surface area contributed by atoms with Crippen LogP contribution in [0.4, 0.5) is 0 Å². The molecule has 1 aliphatic heterocycles. The maximum atomic E-state index is 2.43. The van der Waals surface area contributed by atoms with E-state index in [4.69, 9.17) is 0 Å². The van der Waals surface area contributed by atoms with E-state index in [-0.39, 0.29) is 0 Å². The van der Waals surface area contributed by atoms with Crippen LogP contribution >= 0.6 is 0 Å². The zero-order valence-electron chi connectivity index (χ0n) is 9.52. The third-order valence-electron chi connectivity index (χ3n) is 3.17. The zero-order valence-corrected chi connectivity index (χ0v) is 9.52. The number of likely N-dealkylation sites (N-methyl/N-ethyl adjacent to an activating group) is 1. The van der Waals surface area contributed by atoms with Crippen LogP contribution in [0.2, 0.25) is 0 Å². The van der Waals surface area contributed by atoms with Crippen molar-refractivity contribution in [2.45, 2.75) is 39.7 Å². The van der Waals surface area contributed by atoms with Gasteiger partial charge in [0.25, 0.3) is 0 Å². The van der Waals surface area contributed by atoms with Gasteiger partial charge in [-0.25, -0.2) is 0 Å². The summed E-state index contributed by atoms with van der Waals surface area (Å²) in [5.74, 6) is 0. The van der Waals surface area contributed by atoms with Gasteiger partial charge in [0.15, 0.2) is 0 Å². The highest BCUT2D eigenvalue weighted by Gasteiger charge is 2.30. The molecule has 0 aromatic carbocycles. The molecule has 1 heterocycles. The summed E-state index contributed by atoms with van der Waals surface area (Å²) in [5.41, 5.74) is 3.32. The van der Waals surface area contributed by atoms with Gasteiger partial charge in [-0.1, -0.05) is 12.2 Å². The Morgan fingerprint density at radius 3 is 2.15 bits per heavy atom. The predicted molar refractivity (Wildman–Crippen MR) is 58.8 cm³/mol. The third-order valence-corrected chi connectivity index (χ3v) is 3.17. The van der Waals surface area contributed by atoms with Gasteiger partial charge < -0.3 is 0 Å². The number of piperidine rings is 1. The summed E-state index contributed by atoms with van der Waals surface area (Å²) in [6.07, 6.45) is 5.66. The van der Waals surface area contributed by atoms with Crippen LogP contribution in [0.1, 0.15) is 34.1 Å². The van der Waals surface area contributed by atoms with Crippen molar-refractivity contribution >= 4 is 0 Å². The molecule has 0 amide bonds. The minimum Gasteiger partial charge on any atom is -0.297 e. The number of hydrogen-bond donors (Lipinski definition) is 0. The molecule has 0 saturated carbocycles. The number of allylic oxidation sites excluding steroid dienone is 2. The molecule has 0 aliphatic carbocycles. The molecule has 0 atom stereocenters. The second kappa shape index (κ2) is 3.67. The average molecular weight is 179 g/mol. The van der Waals surface area contributed by atoms with E-state index in [1.165, 1.54) is 17.6 Å². The van der Waals surface area contributed by atoms with Crippen LogP contribution in [0, 0.1) is 0 Å². The molecular weight excluding hydrogens is 158 g/mol. The SMILES string of the molecule is C/C=C1/CC(C)(C)N(C)C/C1=C/C. The van der Waals surface area contributed by atoms with E-state index in [0.717, 1.165) is 6.54 Å². The minimum absolute atomic E-state index is 0.314. The van der Waals surface area contributed by atoms with Crippen LogP contribution in [0.5, 0.6) is 0 Å². The van der Waals surface area contributed by atoms with Crippen molar-refractivity contribution in [2.24, 2.45) is 0 Å². The van der Waals surface area contributed by atoms with Gasteiger partial charge in [0.2, 0.25) is 0 Å². The lowest BCUT2D eigenvalue weighted by molar-refractivity contribution is 0.155. The third kappa shape index (κ3) is 2.02. The van der Waals surface area contributed by atoms with Crippen LogP contribution in [0.3, 0.4) is 0 Å². The van der Waals surface area contributed by atoms with Gasteiger partial charge in [0, 0.05) is 12.1 Å². The summed E-state index contributed by atoms with van der Waals surface area (Å²) < 4.78 is 0. The van der Waals surface area contributed by atoms with Crippen molar-refractivity contribution in [3.63, 3.8) is 0 Å². The molecule has 0 aromatic heterocycles. The molecule has 0 aromatic rings. The second-order valence-electron chi connectivity index (χ2n) is 4.47. The molecule has 0 radical (unpaired) electrons. The highest BCUT2D eigenvalue weighted by Crippen LogP contribution is 2.32. The summed E-state index contributed by atoms with van der Waals surface area (Å²) in [7, 11) is 2.20. The number of likely N-dealkylation sites (tertiary alicyclic amines) is 1. The van der Waals surface area contributed by atoms with Crippen molar-refractivity contribution < 1.29 is 0 Å². The molecule has 0 N–H and O–H groups in total. The zero-order chi connectivity index (χ0) is 10.1. The molecule has 1 nitrogen and oxygen atoms in total. The molecule has 1 rings (SSSR count). The van der Waals surface area contributed by atoms with Gasteiger partial charge in [-0.15, -0.1) is 0 Å². The van der Waals surface area contributed by atoms with Gasteiger partial charge in [-0.2, -0.15) is 0 Å². The van der Waals surface area contributed by atoms with Crippen molar-refractivity contribution in [1.82, 2.24) is 4.90 Å². The lowest BCUT2D eigenvalue weighted by Crippen LogP contribution is -2.46. The maximum Gasteiger partial charge on any atom is 0.0235 e. The Bertz CT molecular complexity index is 246. The Hall–Kier alpha value is -0.560. The van der Waals surface area contributed by atoms with Crippen molar-refractivity contribution in [3.05, 3.63) is 23.3 Å². The van der Waals surface area contributed by atoms with Crippen molar-refractivity contribution in [2.75, 3.05) is 13.6 Å². The van der Waals surface area contributed by atoms with Crippen LogP contribution in [-0.4, -0.2) is 24.0 Å². The van der Waals surface area contributed by atoms with Gasteiger partial charge in [0.1, 0.15) is 0 Å². The standard InChI is InChI=1S/C12H21N/c1-6-10-8-12(3,4)13(5)9-11(10)7-2/h6-7H,8-9H2,1-5H3/b10-6-,11-7-. The van der Waals surface area contributed by atoms with E-state index in [1.54, 1.807) is 0 Å². The Morgan fingerprint density at radius 1 is 1.15 bits per heavy atom. The molecule has 1 heteroatoms. The molecule has 1 saturated heterocycles. The topological polar surface area (TPSA) is 3.24 Å². The van der Waals surface area contributed by atoms with Crippen LogP contribution in [-0.2, 0) is 0 Å². The fourth-order valence-electron chi connectivity index (χ4n) is 1.85. The highest BCUT2D eigenvalue weighted by atomic mass is 15.2. The quantitative estimate of drug-likeness (QED) is 0.552. The lowest BCUT2D eigenvalue weighted by atomic mass is 9.84. The second-order valence-corrected chi connectivity index (χ2v) is 4.47. The van der Waals surface area contributed by atoms with E-state index >= 15 is 0 Å². The predicted octanol–water partition coefficient (Wildman–Crippen LogP) is 2.99. The number of rotatable bonds is 0. The number of nitrogens with zero attached hydrogens (tertiary/aromatic N) is 1. The minimum atomic E-state index is 0.314. The maximum absolute atomic E-state index is 2.43. The molecule has 13 heavy (non-hydrogen) atoms. The summed E-state index contributed by atoms with van der Waals surface area (Å²) in [5, 5.41) is 0. The summed E-state index contributed by atoms with van der Waals surface area (Å²) >= 11 is 0. The monoisotopic (exact) mass is 179 g/mol. The first kappa shape index (κ1) is 10.5. The molecule has 1 aliphatic rings. The first-order chi connectivity index (χ1) is 6.01. The fourth-order valence-corrected chi connectivity index (χ4v) is 1.85. The first-order valence-corrected chi connectivity index (χ1v) is 5.03. The average Bonchev–Trinajstić information content (AvgIpc) is 2.08. The summed E-state index contributed by atoms with van der Waals surface area (Å²) in [6.45, 7) is 9.97. The van der Waals surface area contributed by atoms with E-state index in [0.29, 0.717) is 5.54 Å². The molecule has 0 spiro atoms. The van der Waals surface area contributed by atoms with Crippen molar-refractivity contribution in [1.29, 1.82) is 0 Å². The van der Waals surface area contributed by atoms with E-state index in [9.17, 15) is 0 Å². The molecular formula is C12H21N. The van der Waals surface area contributed by atoms with Gasteiger partial charge in [-0.3, -0.25) is 4.90 Å². The van der Waals surface area contributed by atoms with Gasteiger partial charge in [0.05, 0.1) is 0 Å². The molecule has 74 valence electrons. The van der Waals surface area contributed by atoms with E-state index in [2.05, 4.69) is 51.8 Å². The number of hydrogen-bond acceptors (Lipinski definition) is 1. The largest absolute Gasteiger partial charge is 0.297 e.